The van der Waals surface area contributed by atoms with Crippen LogP contribution in [0.15, 0.2) is 79.3 Å². The van der Waals surface area contributed by atoms with E-state index in [0.717, 1.165) is 54.1 Å². The molecule has 2 heterocycles. The molecule has 1 aliphatic rings. The summed E-state index contributed by atoms with van der Waals surface area (Å²) in [7, 11) is 0. The maximum atomic E-state index is 14.1. The Morgan fingerprint density at radius 3 is 2.46 bits per heavy atom. The summed E-state index contributed by atoms with van der Waals surface area (Å²) in [5, 5.41) is 4.29. The van der Waals surface area contributed by atoms with E-state index in [1.165, 1.54) is 12.0 Å². The summed E-state index contributed by atoms with van der Waals surface area (Å²) in [6, 6.07) is 18.9. The molecule has 1 aliphatic carbocycles. The van der Waals surface area contributed by atoms with Crippen LogP contribution in [0.2, 0.25) is 0 Å². The van der Waals surface area contributed by atoms with Crippen LogP contribution in [0.25, 0.3) is 10.9 Å². The van der Waals surface area contributed by atoms with Gasteiger partial charge in [-0.2, -0.15) is 0 Å². The van der Waals surface area contributed by atoms with Gasteiger partial charge in [-0.15, -0.1) is 0 Å². The number of benzene rings is 2. The van der Waals surface area contributed by atoms with Crippen molar-refractivity contribution in [2.75, 3.05) is 4.90 Å². The number of hydrogen-bond acceptors (Lipinski definition) is 3. The van der Waals surface area contributed by atoms with Gasteiger partial charge in [-0.3, -0.25) is 19.5 Å². The molecule has 0 unspecified atom stereocenters. The number of aromatic nitrogens is 2. The number of nitrogens with one attached hydrogen (secondary N) is 2. The molecular weight excluding hydrogens is 460 g/mol. The number of fused-ring (bicyclic) bond motifs is 1. The van der Waals surface area contributed by atoms with Gasteiger partial charge in [0, 0.05) is 41.2 Å². The van der Waals surface area contributed by atoms with E-state index in [1.807, 2.05) is 66.9 Å². The highest BCUT2D eigenvalue weighted by molar-refractivity contribution is 6.03. The van der Waals surface area contributed by atoms with Gasteiger partial charge in [0.05, 0.1) is 6.42 Å². The van der Waals surface area contributed by atoms with E-state index in [-0.39, 0.29) is 24.3 Å². The molecule has 6 nitrogen and oxygen atoms in total. The van der Waals surface area contributed by atoms with Crippen LogP contribution < -0.4 is 10.2 Å². The monoisotopic (exact) mass is 494 g/mol. The largest absolute Gasteiger partial charge is 0.361 e. The molecule has 190 valence electrons. The van der Waals surface area contributed by atoms with Gasteiger partial charge in [0.15, 0.2) is 0 Å². The van der Waals surface area contributed by atoms with Crippen LogP contribution >= 0.6 is 0 Å². The van der Waals surface area contributed by atoms with E-state index in [2.05, 4.69) is 22.2 Å². The number of rotatable bonds is 8. The third kappa shape index (κ3) is 5.58. The molecule has 2 amide bonds. The van der Waals surface area contributed by atoms with E-state index in [0.29, 0.717) is 5.69 Å². The third-order valence-electron chi connectivity index (χ3n) is 7.39. The summed E-state index contributed by atoms with van der Waals surface area (Å²) < 4.78 is 0. The van der Waals surface area contributed by atoms with Crippen LogP contribution in [-0.4, -0.2) is 27.8 Å². The average Bonchev–Trinajstić information content (AvgIpc) is 3.35. The lowest BCUT2D eigenvalue weighted by Crippen LogP contribution is -2.47. The summed E-state index contributed by atoms with van der Waals surface area (Å²) in [4.78, 5) is 37.2. The maximum Gasteiger partial charge on any atom is 0.248 e. The number of nitrogens with zero attached hydrogens (tertiary/aromatic N) is 2. The van der Waals surface area contributed by atoms with Crippen LogP contribution in [0, 0.1) is 0 Å². The minimum atomic E-state index is -0.796. The number of aryl methyl sites for hydroxylation is 1. The second kappa shape index (κ2) is 11.4. The Hall–Kier alpha value is -3.93. The first kappa shape index (κ1) is 24.8. The van der Waals surface area contributed by atoms with Crippen LogP contribution in [0.5, 0.6) is 0 Å². The van der Waals surface area contributed by atoms with Crippen molar-refractivity contribution in [1.29, 1.82) is 0 Å². The number of aromatic amines is 1. The van der Waals surface area contributed by atoms with Gasteiger partial charge < -0.3 is 10.3 Å². The fraction of sp³-hybridized carbons (Fsp3) is 0.323. The van der Waals surface area contributed by atoms with Crippen molar-refractivity contribution in [3.63, 3.8) is 0 Å². The molecule has 37 heavy (non-hydrogen) atoms. The third-order valence-corrected chi connectivity index (χ3v) is 7.39. The first-order valence-corrected chi connectivity index (χ1v) is 13.3. The highest BCUT2D eigenvalue weighted by Gasteiger charge is 2.34. The van der Waals surface area contributed by atoms with Crippen molar-refractivity contribution in [3.05, 3.63) is 95.9 Å². The number of pyridine rings is 1. The maximum absolute atomic E-state index is 14.1. The van der Waals surface area contributed by atoms with Crippen LogP contribution in [-0.2, 0) is 22.4 Å². The summed E-state index contributed by atoms with van der Waals surface area (Å²) in [5.74, 6) is -0.278. The average molecular weight is 495 g/mol. The lowest BCUT2D eigenvalue weighted by atomic mass is 9.94. The molecule has 1 saturated carbocycles. The van der Waals surface area contributed by atoms with E-state index in [4.69, 9.17) is 0 Å². The minimum Gasteiger partial charge on any atom is -0.361 e. The summed E-state index contributed by atoms with van der Waals surface area (Å²) in [5.41, 5.74) is 4.54. The number of amides is 2. The fourth-order valence-electron chi connectivity index (χ4n) is 5.35. The van der Waals surface area contributed by atoms with Gasteiger partial charge in [-0.05, 0) is 66.3 Å². The van der Waals surface area contributed by atoms with Gasteiger partial charge in [0.2, 0.25) is 11.8 Å². The van der Waals surface area contributed by atoms with Crippen molar-refractivity contribution in [2.24, 2.45) is 0 Å². The Kier molecular flexibility index (Phi) is 7.64. The molecule has 2 N–H and O–H groups in total. The molecule has 2 aromatic heterocycles. The standard InChI is InChI=1S/C31H34N4O2/c1-2-22-12-14-26(15-13-22)35(29(36)20-24-21-33-28-11-7-6-10-27(24)28)30(23-16-18-32-19-17-23)31(37)34-25-8-4-3-5-9-25/h6-7,10-19,21,25,30,33H,2-5,8-9,20H2,1H3,(H,34,37)/t30-/m0/s1. The Bertz CT molecular complexity index is 1340. The van der Waals surface area contributed by atoms with Crippen molar-refractivity contribution >= 4 is 28.4 Å². The van der Waals surface area contributed by atoms with Gasteiger partial charge in [-0.25, -0.2) is 0 Å². The zero-order valence-electron chi connectivity index (χ0n) is 21.3. The van der Waals surface area contributed by atoms with Crippen molar-refractivity contribution in [1.82, 2.24) is 15.3 Å². The first-order chi connectivity index (χ1) is 18.1. The molecule has 1 atom stereocenters. The zero-order valence-corrected chi connectivity index (χ0v) is 21.3. The highest BCUT2D eigenvalue weighted by atomic mass is 16.2. The smallest absolute Gasteiger partial charge is 0.248 e. The number of carbonyl (C=O) groups is 2. The number of carbonyl (C=O) groups excluding carboxylic acids is 2. The first-order valence-electron chi connectivity index (χ1n) is 13.3. The molecule has 1 fully saturated rings. The molecule has 2 aromatic carbocycles. The molecule has 0 saturated heterocycles. The summed E-state index contributed by atoms with van der Waals surface area (Å²) in [6.07, 6.45) is 11.7. The number of H-pyrrole nitrogens is 1. The quantitative estimate of drug-likeness (QED) is 0.321. The predicted molar refractivity (Wildman–Crippen MR) is 147 cm³/mol. The Balaban J connectivity index is 1.54. The number of para-hydroxylation sites is 1. The highest BCUT2D eigenvalue weighted by Crippen LogP contribution is 2.31. The normalized spacial score (nSPS) is 14.8. The van der Waals surface area contributed by atoms with Gasteiger partial charge in [-0.1, -0.05) is 56.5 Å². The van der Waals surface area contributed by atoms with E-state index in [1.54, 1.807) is 17.3 Å². The molecule has 0 radical (unpaired) electrons. The van der Waals surface area contributed by atoms with Gasteiger partial charge in [0.25, 0.3) is 0 Å². The van der Waals surface area contributed by atoms with Crippen molar-refractivity contribution in [3.8, 4) is 0 Å². The second-order valence-corrected chi connectivity index (χ2v) is 9.85. The minimum absolute atomic E-state index is 0.130. The summed E-state index contributed by atoms with van der Waals surface area (Å²) >= 11 is 0. The van der Waals surface area contributed by atoms with Crippen molar-refractivity contribution in [2.45, 2.75) is 64.0 Å². The van der Waals surface area contributed by atoms with Gasteiger partial charge in [0.1, 0.15) is 6.04 Å². The second-order valence-electron chi connectivity index (χ2n) is 9.85. The van der Waals surface area contributed by atoms with Crippen LogP contribution in [0.3, 0.4) is 0 Å². The zero-order chi connectivity index (χ0) is 25.6. The van der Waals surface area contributed by atoms with E-state index < -0.39 is 6.04 Å². The van der Waals surface area contributed by atoms with Crippen molar-refractivity contribution < 1.29 is 9.59 Å². The Morgan fingerprint density at radius 1 is 1.00 bits per heavy atom. The Labute approximate surface area is 218 Å². The molecule has 6 heteroatoms. The predicted octanol–water partition coefficient (Wildman–Crippen LogP) is 5.89. The van der Waals surface area contributed by atoms with E-state index >= 15 is 0 Å². The van der Waals surface area contributed by atoms with Gasteiger partial charge >= 0.3 is 0 Å². The number of hydrogen-bond donors (Lipinski definition) is 2. The SMILES string of the molecule is CCc1ccc(N(C(=O)Cc2c[nH]c3ccccc23)[C@H](C(=O)NC2CCCCC2)c2ccncc2)cc1. The molecule has 0 bridgehead atoms. The Morgan fingerprint density at radius 2 is 1.73 bits per heavy atom. The molecule has 5 rings (SSSR count). The topological polar surface area (TPSA) is 78.1 Å². The molecule has 0 aliphatic heterocycles. The van der Waals surface area contributed by atoms with E-state index in [9.17, 15) is 9.59 Å². The fourth-order valence-corrected chi connectivity index (χ4v) is 5.35. The van der Waals surface area contributed by atoms with Crippen LogP contribution in [0.1, 0.15) is 61.8 Å². The summed E-state index contributed by atoms with van der Waals surface area (Å²) in [6.45, 7) is 2.10. The lowest BCUT2D eigenvalue weighted by molar-refractivity contribution is -0.127. The molecular formula is C31H34N4O2. The molecule has 4 aromatic rings. The molecule has 0 spiro atoms. The lowest BCUT2D eigenvalue weighted by Gasteiger charge is -2.33. The number of anilines is 1. The van der Waals surface area contributed by atoms with Crippen LogP contribution in [0.4, 0.5) is 5.69 Å².